The van der Waals surface area contributed by atoms with E-state index < -0.39 is 0 Å². The Labute approximate surface area is 108 Å². The van der Waals surface area contributed by atoms with Gasteiger partial charge in [-0.3, -0.25) is 9.36 Å². The topological polar surface area (TPSA) is 88.5 Å². The van der Waals surface area contributed by atoms with E-state index in [1.54, 1.807) is 29.4 Å². The second-order valence-electron chi connectivity index (χ2n) is 3.98. The van der Waals surface area contributed by atoms with Crippen molar-refractivity contribution in [2.45, 2.75) is 13.5 Å². The minimum absolute atomic E-state index is 0.0683. The Morgan fingerprint density at radius 3 is 3.00 bits per heavy atom. The van der Waals surface area contributed by atoms with Crippen LogP contribution in [0.1, 0.15) is 6.92 Å². The molecule has 0 aromatic carbocycles. The van der Waals surface area contributed by atoms with Gasteiger partial charge in [0.05, 0.1) is 12.5 Å². The van der Waals surface area contributed by atoms with E-state index in [1.165, 1.54) is 6.07 Å². The van der Waals surface area contributed by atoms with Crippen LogP contribution in [0.25, 0.3) is 11.0 Å². The van der Waals surface area contributed by atoms with Crippen LogP contribution in [0.5, 0.6) is 0 Å². The zero-order valence-electron chi connectivity index (χ0n) is 10.3. The smallest absolute Gasteiger partial charge is 0.252 e. The Kier molecular flexibility index (Phi) is 2.71. The number of nitrogens with zero attached hydrogens (tertiary/aromatic N) is 4. The van der Waals surface area contributed by atoms with Crippen LogP contribution < -0.4 is 10.9 Å². The molecule has 7 nitrogen and oxygen atoms in total. The Balaban J connectivity index is 2.11. The van der Waals surface area contributed by atoms with E-state index in [0.29, 0.717) is 24.0 Å². The zero-order valence-corrected chi connectivity index (χ0v) is 10.3. The summed E-state index contributed by atoms with van der Waals surface area (Å²) in [6.45, 7) is 2.47. The monoisotopic (exact) mass is 256 g/mol. The number of aryl methyl sites for hydroxylation is 1. The summed E-state index contributed by atoms with van der Waals surface area (Å²) in [6.07, 6.45) is 4.88. The number of hydrogen-bond donors (Lipinski definition) is 2. The minimum atomic E-state index is -0.0683. The number of rotatable bonds is 3. The number of aromatic nitrogens is 5. The molecule has 0 bridgehead atoms. The molecule has 0 aliphatic rings. The van der Waals surface area contributed by atoms with Crippen molar-refractivity contribution in [2.24, 2.45) is 0 Å². The summed E-state index contributed by atoms with van der Waals surface area (Å²) >= 11 is 0. The maximum atomic E-state index is 11.8. The number of imidazole rings is 1. The summed E-state index contributed by atoms with van der Waals surface area (Å²) < 4.78 is 1.61. The predicted molar refractivity (Wildman–Crippen MR) is 71.3 cm³/mol. The van der Waals surface area contributed by atoms with E-state index in [-0.39, 0.29) is 5.56 Å². The number of pyridine rings is 1. The average molecular weight is 256 g/mol. The Morgan fingerprint density at radius 2 is 2.26 bits per heavy atom. The largest absolute Gasteiger partial charge is 0.331 e. The van der Waals surface area contributed by atoms with Crippen molar-refractivity contribution in [3.8, 4) is 0 Å². The lowest BCUT2D eigenvalue weighted by Crippen LogP contribution is -2.19. The number of hydrogen-bond acceptors (Lipinski definition) is 5. The number of H-pyrrole nitrogens is 1. The van der Waals surface area contributed by atoms with E-state index in [0.717, 1.165) is 5.39 Å². The van der Waals surface area contributed by atoms with Crippen LogP contribution in [0, 0.1) is 0 Å². The van der Waals surface area contributed by atoms with Gasteiger partial charge in [-0.1, -0.05) is 0 Å². The van der Waals surface area contributed by atoms with Crippen LogP contribution in [-0.2, 0) is 6.54 Å². The van der Waals surface area contributed by atoms with Crippen molar-refractivity contribution in [1.29, 1.82) is 0 Å². The molecule has 0 amide bonds. The molecule has 3 aromatic heterocycles. The van der Waals surface area contributed by atoms with E-state index in [9.17, 15) is 4.79 Å². The molecule has 3 aromatic rings. The highest BCUT2D eigenvalue weighted by atomic mass is 16.1. The van der Waals surface area contributed by atoms with Gasteiger partial charge in [0.15, 0.2) is 0 Å². The van der Waals surface area contributed by atoms with Crippen molar-refractivity contribution in [2.75, 3.05) is 5.32 Å². The van der Waals surface area contributed by atoms with Gasteiger partial charge in [0.25, 0.3) is 5.56 Å². The molecule has 0 atom stereocenters. The molecule has 0 radical (unpaired) electrons. The maximum absolute atomic E-state index is 11.8. The molecule has 0 unspecified atom stereocenters. The van der Waals surface area contributed by atoms with Gasteiger partial charge in [0.2, 0.25) is 5.95 Å². The van der Waals surface area contributed by atoms with Crippen LogP contribution in [0.4, 0.5) is 11.8 Å². The standard InChI is InChI=1S/C12H12N6O/c1-2-18-10(19)4-3-8-5-14-12(17-11(8)18)16-9-6-13-7-15-9/h3-7H,2H2,1H3,(H,13,15)(H,14,16,17). The molecule has 3 heterocycles. The first-order valence-electron chi connectivity index (χ1n) is 5.90. The molecule has 19 heavy (non-hydrogen) atoms. The molecule has 0 aliphatic carbocycles. The molecule has 0 saturated carbocycles. The van der Waals surface area contributed by atoms with Crippen molar-refractivity contribution >= 4 is 22.8 Å². The van der Waals surface area contributed by atoms with Gasteiger partial charge in [-0.2, -0.15) is 4.98 Å². The summed E-state index contributed by atoms with van der Waals surface area (Å²) in [7, 11) is 0. The molecule has 0 fully saturated rings. The molecule has 0 saturated heterocycles. The van der Waals surface area contributed by atoms with E-state index in [2.05, 4.69) is 25.3 Å². The van der Waals surface area contributed by atoms with Crippen molar-refractivity contribution in [1.82, 2.24) is 24.5 Å². The van der Waals surface area contributed by atoms with Gasteiger partial charge >= 0.3 is 0 Å². The molecule has 96 valence electrons. The van der Waals surface area contributed by atoms with Gasteiger partial charge in [-0.25, -0.2) is 9.97 Å². The fraction of sp³-hybridized carbons (Fsp3) is 0.167. The SMILES string of the molecule is CCn1c(=O)ccc2cnc(Nc3cnc[nH]3)nc21. The first-order valence-corrected chi connectivity index (χ1v) is 5.90. The molecule has 0 aliphatic heterocycles. The van der Waals surface area contributed by atoms with E-state index in [4.69, 9.17) is 0 Å². The summed E-state index contributed by atoms with van der Waals surface area (Å²) in [6, 6.07) is 3.25. The predicted octanol–water partition coefficient (Wildman–Crippen LogP) is 1.28. The Hall–Kier alpha value is -2.70. The lowest BCUT2D eigenvalue weighted by atomic mass is 10.3. The summed E-state index contributed by atoms with van der Waals surface area (Å²) in [5.41, 5.74) is 0.549. The van der Waals surface area contributed by atoms with Gasteiger partial charge in [-0.05, 0) is 13.0 Å². The highest BCUT2D eigenvalue weighted by Crippen LogP contribution is 2.13. The van der Waals surface area contributed by atoms with E-state index in [1.807, 2.05) is 6.92 Å². The summed E-state index contributed by atoms with van der Waals surface area (Å²) in [5, 5.41) is 3.82. The summed E-state index contributed by atoms with van der Waals surface area (Å²) in [4.78, 5) is 27.1. The number of aromatic amines is 1. The molecule has 2 N–H and O–H groups in total. The van der Waals surface area contributed by atoms with Crippen LogP contribution in [0.3, 0.4) is 0 Å². The first kappa shape index (κ1) is 11.4. The van der Waals surface area contributed by atoms with Gasteiger partial charge < -0.3 is 10.3 Å². The second-order valence-corrected chi connectivity index (χ2v) is 3.98. The molecule has 0 spiro atoms. The third kappa shape index (κ3) is 2.05. The lowest BCUT2D eigenvalue weighted by molar-refractivity contribution is 0.749. The average Bonchev–Trinajstić information content (AvgIpc) is 2.91. The Morgan fingerprint density at radius 1 is 1.37 bits per heavy atom. The van der Waals surface area contributed by atoms with Gasteiger partial charge in [-0.15, -0.1) is 0 Å². The second kappa shape index (κ2) is 4.52. The van der Waals surface area contributed by atoms with Crippen LogP contribution >= 0.6 is 0 Å². The van der Waals surface area contributed by atoms with Crippen LogP contribution in [0.15, 0.2) is 35.6 Å². The van der Waals surface area contributed by atoms with Crippen molar-refractivity contribution in [3.63, 3.8) is 0 Å². The number of anilines is 2. The lowest BCUT2D eigenvalue weighted by Gasteiger charge is -2.08. The number of nitrogens with one attached hydrogen (secondary N) is 2. The van der Waals surface area contributed by atoms with Crippen molar-refractivity contribution in [3.05, 3.63) is 41.2 Å². The van der Waals surface area contributed by atoms with E-state index >= 15 is 0 Å². The van der Waals surface area contributed by atoms with Crippen LogP contribution in [-0.4, -0.2) is 24.5 Å². The fourth-order valence-corrected chi connectivity index (χ4v) is 1.88. The Bertz CT molecular complexity index is 761. The normalized spacial score (nSPS) is 10.8. The first-order chi connectivity index (χ1) is 9.28. The third-order valence-electron chi connectivity index (χ3n) is 2.78. The van der Waals surface area contributed by atoms with Crippen LogP contribution in [0.2, 0.25) is 0 Å². The maximum Gasteiger partial charge on any atom is 0.252 e. The third-order valence-corrected chi connectivity index (χ3v) is 2.78. The summed E-state index contributed by atoms with van der Waals surface area (Å²) in [5.74, 6) is 1.12. The van der Waals surface area contributed by atoms with Gasteiger partial charge in [0.1, 0.15) is 11.5 Å². The van der Waals surface area contributed by atoms with Crippen molar-refractivity contribution < 1.29 is 0 Å². The molecular weight excluding hydrogens is 244 g/mol. The van der Waals surface area contributed by atoms with Gasteiger partial charge in [0, 0.05) is 24.2 Å². The minimum Gasteiger partial charge on any atom is -0.331 e. The quantitative estimate of drug-likeness (QED) is 0.737. The fourth-order valence-electron chi connectivity index (χ4n) is 1.88. The highest BCUT2D eigenvalue weighted by molar-refractivity contribution is 5.75. The molecule has 7 heteroatoms. The molecular formula is C12H12N6O. The zero-order chi connectivity index (χ0) is 13.2. The molecule has 3 rings (SSSR count). The number of fused-ring (bicyclic) bond motifs is 1. The highest BCUT2D eigenvalue weighted by Gasteiger charge is 2.06.